The van der Waals surface area contributed by atoms with Gasteiger partial charge in [-0.25, -0.2) is 0 Å². The molecule has 0 aliphatic carbocycles. The lowest BCUT2D eigenvalue weighted by Crippen LogP contribution is -2.51. The van der Waals surface area contributed by atoms with E-state index in [-0.39, 0.29) is 0 Å². The molecule has 3 heteroatoms. The Bertz CT molecular complexity index is 185. The van der Waals surface area contributed by atoms with E-state index in [1.54, 1.807) is 0 Å². The minimum Gasteiger partial charge on any atom is -0.311 e. The number of nitrogens with zero attached hydrogens (tertiary/aromatic N) is 1. The minimum absolute atomic E-state index is 0.721. The van der Waals surface area contributed by atoms with Crippen LogP contribution in [0.4, 0.5) is 0 Å². The van der Waals surface area contributed by atoms with Gasteiger partial charge in [-0.05, 0) is 31.6 Å². The normalized spacial score (nSPS) is 24.9. The number of rotatable bonds is 6. The van der Waals surface area contributed by atoms with E-state index >= 15 is 0 Å². The fraction of sp³-hybridized carbons (Fsp3) is 1.00. The summed E-state index contributed by atoms with van der Waals surface area (Å²) in [5, 5.41) is 4.44. The van der Waals surface area contributed by atoms with Gasteiger partial charge in [-0.1, -0.05) is 20.8 Å². The minimum atomic E-state index is 0.721. The van der Waals surface area contributed by atoms with Crippen LogP contribution in [0.3, 0.4) is 0 Å². The summed E-state index contributed by atoms with van der Waals surface area (Å²) in [7, 11) is 0. The van der Waals surface area contributed by atoms with E-state index in [1.165, 1.54) is 39.0 Å². The Hall–Kier alpha value is 0.270. The molecule has 0 aromatic rings. The molecule has 1 rings (SSSR count). The van der Waals surface area contributed by atoms with E-state index in [0.717, 1.165) is 17.2 Å². The fourth-order valence-corrected chi connectivity index (χ4v) is 2.65. The molecule has 1 heterocycles. The highest BCUT2D eigenvalue weighted by atomic mass is 32.2. The standard InChI is InChI=1S/C13H28N2S/c1-11(2)9-13-10-15(8-6-14-13)7-5-12(3)16-4/h11-14H,5-10H2,1-4H3. The number of thioether (sulfide) groups is 1. The Morgan fingerprint density at radius 2 is 2.12 bits per heavy atom. The molecule has 0 radical (unpaired) electrons. The molecule has 0 aromatic heterocycles. The molecular formula is C13H28N2S. The van der Waals surface area contributed by atoms with Crippen LogP contribution in [0, 0.1) is 5.92 Å². The van der Waals surface area contributed by atoms with Crippen LogP contribution in [0.15, 0.2) is 0 Å². The third-order valence-electron chi connectivity index (χ3n) is 3.35. The second-order valence-electron chi connectivity index (χ2n) is 5.42. The SMILES string of the molecule is CSC(C)CCN1CCNC(CC(C)C)C1. The maximum absolute atomic E-state index is 3.64. The van der Waals surface area contributed by atoms with Crippen LogP contribution in [-0.2, 0) is 0 Å². The Balaban J connectivity index is 2.22. The summed E-state index contributed by atoms with van der Waals surface area (Å²) in [6.07, 6.45) is 4.86. The van der Waals surface area contributed by atoms with Gasteiger partial charge in [-0.15, -0.1) is 0 Å². The quantitative estimate of drug-likeness (QED) is 0.772. The molecule has 1 aliphatic heterocycles. The van der Waals surface area contributed by atoms with Gasteiger partial charge in [-0.2, -0.15) is 11.8 Å². The molecule has 1 aliphatic rings. The van der Waals surface area contributed by atoms with Gasteiger partial charge in [0.25, 0.3) is 0 Å². The van der Waals surface area contributed by atoms with E-state index in [9.17, 15) is 0 Å². The van der Waals surface area contributed by atoms with Gasteiger partial charge < -0.3 is 10.2 Å². The first kappa shape index (κ1) is 14.3. The first-order valence-electron chi connectivity index (χ1n) is 6.60. The van der Waals surface area contributed by atoms with Crippen LogP contribution in [0.2, 0.25) is 0 Å². The third kappa shape index (κ3) is 5.55. The summed E-state index contributed by atoms with van der Waals surface area (Å²) in [5.41, 5.74) is 0. The van der Waals surface area contributed by atoms with E-state index < -0.39 is 0 Å². The Labute approximate surface area is 106 Å². The number of hydrogen-bond donors (Lipinski definition) is 1. The van der Waals surface area contributed by atoms with Crippen molar-refractivity contribution in [3.8, 4) is 0 Å². The van der Waals surface area contributed by atoms with Crippen molar-refractivity contribution in [1.82, 2.24) is 10.2 Å². The summed E-state index contributed by atoms with van der Waals surface area (Å²) in [6, 6.07) is 0.721. The zero-order chi connectivity index (χ0) is 12.0. The van der Waals surface area contributed by atoms with Crippen LogP contribution < -0.4 is 5.32 Å². The number of piperazine rings is 1. The van der Waals surface area contributed by atoms with E-state index in [4.69, 9.17) is 0 Å². The van der Waals surface area contributed by atoms with E-state index in [0.29, 0.717) is 0 Å². The van der Waals surface area contributed by atoms with Gasteiger partial charge in [0.1, 0.15) is 0 Å². The maximum Gasteiger partial charge on any atom is 0.0197 e. The van der Waals surface area contributed by atoms with Gasteiger partial charge in [-0.3, -0.25) is 0 Å². The molecule has 2 unspecified atom stereocenters. The van der Waals surface area contributed by atoms with Crippen molar-refractivity contribution in [1.29, 1.82) is 0 Å². The molecule has 0 spiro atoms. The molecule has 0 aromatic carbocycles. The molecule has 16 heavy (non-hydrogen) atoms. The number of nitrogens with one attached hydrogen (secondary N) is 1. The first-order chi connectivity index (χ1) is 7.61. The Morgan fingerprint density at radius 3 is 2.75 bits per heavy atom. The summed E-state index contributed by atoms with van der Waals surface area (Å²) in [5.74, 6) is 0.808. The highest BCUT2D eigenvalue weighted by Crippen LogP contribution is 2.13. The van der Waals surface area contributed by atoms with Crippen molar-refractivity contribution in [2.24, 2.45) is 5.92 Å². The molecule has 2 atom stereocenters. The molecule has 1 saturated heterocycles. The summed E-state index contributed by atoms with van der Waals surface area (Å²) in [6.45, 7) is 11.9. The summed E-state index contributed by atoms with van der Waals surface area (Å²) >= 11 is 1.98. The van der Waals surface area contributed by atoms with E-state index in [2.05, 4.69) is 37.2 Å². The summed E-state index contributed by atoms with van der Waals surface area (Å²) in [4.78, 5) is 2.64. The van der Waals surface area contributed by atoms with Crippen molar-refractivity contribution in [2.45, 2.75) is 44.9 Å². The highest BCUT2D eigenvalue weighted by molar-refractivity contribution is 7.99. The molecule has 0 amide bonds. The van der Waals surface area contributed by atoms with E-state index in [1.807, 2.05) is 11.8 Å². The Morgan fingerprint density at radius 1 is 1.38 bits per heavy atom. The molecule has 1 fully saturated rings. The second-order valence-corrected chi connectivity index (χ2v) is 6.69. The Kier molecular flexibility index (Phi) is 6.78. The molecule has 1 N–H and O–H groups in total. The van der Waals surface area contributed by atoms with Gasteiger partial charge in [0, 0.05) is 30.9 Å². The average Bonchev–Trinajstić information content (AvgIpc) is 2.25. The summed E-state index contributed by atoms with van der Waals surface area (Å²) < 4.78 is 0. The topological polar surface area (TPSA) is 15.3 Å². The van der Waals surface area contributed by atoms with Crippen molar-refractivity contribution >= 4 is 11.8 Å². The smallest absolute Gasteiger partial charge is 0.0197 e. The predicted octanol–water partition coefficient (Wildman–Crippen LogP) is 2.45. The first-order valence-corrected chi connectivity index (χ1v) is 7.89. The lowest BCUT2D eigenvalue weighted by Gasteiger charge is -2.35. The molecule has 2 nitrogen and oxygen atoms in total. The largest absolute Gasteiger partial charge is 0.311 e. The number of hydrogen-bond acceptors (Lipinski definition) is 3. The zero-order valence-corrected chi connectivity index (χ0v) is 12.1. The van der Waals surface area contributed by atoms with Crippen molar-refractivity contribution in [2.75, 3.05) is 32.4 Å². The zero-order valence-electron chi connectivity index (χ0n) is 11.3. The average molecular weight is 244 g/mol. The third-order valence-corrected chi connectivity index (χ3v) is 4.39. The van der Waals surface area contributed by atoms with Crippen LogP contribution in [0.1, 0.15) is 33.6 Å². The lowest BCUT2D eigenvalue weighted by molar-refractivity contribution is 0.185. The molecule has 0 saturated carbocycles. The molecule has 0 bridgehead atoms. The predicted molar refractivity (Wildman–Crippen MR) is 75.3 cm³/mol. The fourth-order valence-electron chi connectivity index (χ4n) is 2.31. The van der Waals surface area contributed by atoms with Crippen LogP contribution in [0.5, 0.6) is 0 Å². The van der Waals surface area contributed by atoms with Gasteiger partial charge in [0.05, 0.1) is 0 Å². The van der Waals surface area contributed by atoms with Crippen LogP contribution >= 0.6 is 11.8 Å². The molecule has 96 valence electrons. The van der Waals surface area contributed by atoms with Crippen molar-refractivity contribution < 1.29 is 0 Å². The highest BCUT2D eigenvalue weighted by Gasteiger charge is 2.19. The monoisotopic (exact) mass is 244 g/mol. The van der Waals surface area contributed by atoms with Crippen LogP contribution in [-0.4, -0.2) is 48.6 Å². The van der Waals surface area contributed by atoms with Gasteiger partial charge >= 0.3 is 0 Å². The van der Waals surface area contributed by atoms with Gasteiger partial charge in [0.2, 0.25) is 0 Å². The molecular weight excluding hydrogens is 216 g/mol. The van der Waals surface area contributed by atoms with Gasteiger partial charge in [0.15, 0.2) is 0 Å². The van der Waals surface area contributed by atoms with Crippen LogP contribution in [0.25, 0.3) is 0 Å². The maximum atomic E-state index is 3.64. The van der Waals surface area contributed by atoms with Crippen molar-refractivity contribution in [3.05, 3.63) is 0 Å². The second kappa shape index (κ2) is 7.57. The lowest BCUT2D eigenvalue weighted by atomic mass is 10.0. The van der Waals surface area contributed by atoms with Crippen molar-refractivity contribution in [3.63, 3.8) is 0 Å².